The number of nitrogens with zero attached hydrogens (tertiary/aromatic N) is 1. The Morgan fingerprint density at radius 2 is 2.17 bits per heavy atom. The summed E-state index contributed by atoms with van der Waals surface area (Å²) in [5.74, 6) is -0.621. The normalized spacial score (nSPS) is 16.5. The van der Waals surface area contributed by atoms with Gasteiger partial charge in [0.25, 0.3) is 0 Å². The fourth-order valence-electron chi connectivity index (χ4n) is 1.78. The van der Waals surface area contributed by atoms with Crippen LogP contribution >= 0.6 is 0 Å². The van der Waals surface area contributed by atoms with Gasteiger partial charge in [0.1, 0.15) is 5.82 Å². The Balaban J connectivity index is 1.88. The van der Waals surface area contributed by atoms with Crippen molar-refractivity contribution in [2.24, 2.45) is 0 Å². The molecule has 0 radical (unpaired) electrons. The summed E-state index contributed by atoms with van der Waals surface area (Å²) in [5, 5.41) is 2.69. The van der Waals surface area contributed by atoms with Gasteiger partial charge in [-0.1, -0.05) is 0 Å². The minimum absolute atomic E-state index is 0.0270. The molecule has 1 fully saturated rings. The second-order valence-corrected chi connectivity index (χ2v) is 4.17. The third kappa shape index (κ3) is 3.41. The standard InChI is InChI=1S/C12H16FN3O2/c13-10-2-1-9(7-11(10)14)15-12(17)8-16-3-5-18-6-4-16/h1-2,7H,3-6,8,14H2,(H,15,17). The van der Waals surface area contributed by atoms with Crippen LogP contribution in [0.25, 0.3) is 0 Å². The van der Waals surface area contributed by atoms with Gasteiger partial charge in [-0.3, -0.25) is 9.69 Å². The predicted molar refractivity (Wildman–Crippen MR) is 66.7 cm³/mol. The van der Waals surface area contributed by atoms with E-state index in [1.54, 1.807) is 0 Å². The lowest BCUT2D eigenvalue weighted by Crippen LogP contribution is -2.41. The van der Waals surface area contributed by atoms with Crippen molar-refractivity contribution >= 4 is 17.3 Å². The Kier molecular flexibility index (Phi) is 4.11. The van der Waals surface area contributed by atoms with E-state index in [-0.39, 0.29) is 11.6 Å². The summed E-state index contributed by atoms with van der Waals surface area (Å²) in [6, 6.07) is 4.13. The fraction of sp³-hybridized carbons (Fsp3) is 0.417. The molecule has 0 spiro atoms. The Morgan fingerprint density at radius 1 is 1.44 bits per heavy atom. The molecule has 0 aromatic heterocycles. The third-order valence-electron chi connectivity index (χ3n) is 2.75. The van der Waals surface area contributed by atoms with Crippen LogP contribution in [0, 0.1) is 5.82 Å². The van der Waals surface area contributed by atoms with Crippen molar-refractivity contribution in [3.8, 4) is 0 Å². The largest absolute Gasteiger partial charge is 0.396 e. The molecule has 1 amide bonds. The van der Waals surface area contributed by atoms with Crippen molar-refractivity contribution in [3.05, 3.63) is 24.0 Å². The number of nitrogens with two attached hydrogens (primary N) is 1. The number of amides is 1. The summed E-state index contributed by atoms with van der Waals surface area (Å²) in [5.41, 5.74) is 5.96. The molecule has 1 aliphatic heterocycles. The van der Waals surface area contributed by atoms with E-state index >= 15 is 0 Å². The number of morpholine rings is 1. The van der Waals surface area contributed by atoms with Crippen molar-refractivity contribution in [2.45, 2.75) is 0 Å². The average molecular weight is 253 g/mol. The van der Waals surface area contributed by atoms with Crippen molar-refractivity contribution in [2.75, 3.05) is 43.9 Å². The first-order valence-electron chi connectivity index (χ1n) is 5.80. The van der Waals surface area contributed by atoms with E-state index in [0.29, 0.717) is 25.4 Å². The lowest BCUT2D eigenvalue weighted by atomic mass is 10.2. The zero-order chi connectivity index (χ0) is 13.0. The Morgan fingerprint density at radius 3 is 2.83 bits per heavy atom. The molecule has 6 heteroatoms. The van der Waals surface area contributed by atoms with E-state index in [2.05, 4.69) is 5.32 Å². The number of carbonyl (C=O) groups excluding carboxylic acids is 1. The average Bonchev–Trinajstić information content (AvgIpc) is 2.35. The van der Waals surface area contributed by atoms with Gasteiger partial charge < -0.3 is 15.8 Å². The minimum atomic E-state index is -0.485. The van der Waals surface area contributed by atoms with E-state index in [0.717, 1.165) is 13.1 Å². The van der Waals surface area contributed by atoms with Gasteiger partial charge in [0.15, 0.2) is 0 Å². The Labute approximate surface area is 105 Å². The number of anilines is 2. The first-order chi connectivity index (χ1) is 8.65. The summed E-state index contributed by atoms with van der Waals surface area (Å²) in [6.45, 7) is 3.10. The van der Waals surface area contributed by atoms with Gasteiger partial charge in [-0.15, -0.1) is 0 Å². The van der Waals surface area contributed by atoms with Gasteiger partial charge in [0.2, 0.25) is 5.91 Å². The molecule has 0 aliphatic carbocycles. The highest BCUT2D eigenvalue weighted by Crippen LogP contribution is 2.16. The number of hydrogen-bond acceptors (Lipinski definition) is 4. The molecule has 5 nitrogen and oxygen atoms in total. The molecule has 2 rings (SSSR count). The molecule has 3 N–H and O–H groups in total. The number of rotatable bonds is 3. The minimum Gasteiger partial charge on any atom is -0.396 e. The highest BCUT2D eigenvalue weighted by Gasteiger charge is 2.14. The van der Waals surface area contributed by atoms with Crippen LogP contribution < -0.4 is 11.1 Å². The van der Waals surface area contributed by atoms with E-state index < -0.39 is 5.82 Å². The Bertz CT molecular complexity index is 433. The number of nitrogens with one attached hydrogen (secondary N) is 1. The van der Waals surface area contributed by atoms with Gasteiger partial charge >= 0.3 is 0 Å². The van der Waals surface area contributed by atoms with Crippen LogP contribution in [-0.4, -0.2) is 43.7 Å². The monoisotopic (exact) mass is 253 g/mol. The van der Waals surface area contributed by atoms with Crippen LogP contribution in [0.4, 0.5) is 15.8 Å². The van der Waals surface area contributed by atoms with Crippen LogP contribution in [0.5, 0.6) is 0 Å². The van der Waals surface area contributed by atoms with Crippen LogP contribution in [0.3, 0.4) is 0 Å². The summed E-state index contributed by atoms with van der Waals surface area (Å²) in [4.78, 5) is 13.8. The van der Waals surface area contributed by atoms with Crippen LogP contribution in [0.1, 0.15) is 0 Å². The molecular formula is C12H16FN3O2. The second kappa shape index (κ2) is 5.79. The number of halogens is 1. The maximum absolute atomic E-state index is 12.9. The first-order valence-corrected chi connectivity index (χ1v) is 5.80. The number of benzene rings is 1. The lowest BCUT2D eigenvalue weighted by Gasteiger charge is -2.25. The van der Waals surface area contributed by atoms with Crippen molar-refractivity contribution < 1.29 is 13.9 Å². The Hall–Kier alpha value is -1.66. The summed E-state index contributed by atoms with van der Waals surface area (Å²) in [6.07, 6.45) is 0. The molecule has 1 saturated heterocycles. The van der Waals surface area contributed by atoms with Crippen molar-refractivity contribution in [1.82, 2.24) is 4.90 Å². The molecular weight excluding hydrogens is 237 g/mol. The molecule has 1 aromatic rings. The molecule has 0 unspecified atom stereocenters. The SMILES string of the molecule is Nc1cc(NC(=O)CN2CCOCC2)ccc1F. The molecule has 1 heterocycles. The van der Waals surface area contributed by atoms with Gasteiger partial charge in [0, 0.05) is 18.8 Å². The zero-order valence-electron chi connectivity index (χ0n) is 9.99. The van der Waals surface area contributed by atoms with Crippen molar-refractivity contribution in [3.63, 3.8) is 0 Å². The first kappa shape index (κ1) is 12.8. The maximum Gasteiger partial charge on any atom is 0.238 e. The molecule has 0 bridgehead atoms. The van der Waals surface area contributed by atoms with E-state index in [9.17, 15) is 9.18 Å². The maximum atomic E-state index is 12.9. The number of nitrogen functional groups attached to an aromatic ring is 1. The van der Waals surface area contributed by atoms with Crippen LogP contribution in [0.15, 0.2) is 18.2 Å². The number of ether oxygens (including phenoxy) is 1. The second-order valence-electron chi connectivity index (χ2n) is 4.17. The fourth-order valence-corrected chi connectivity index (χ4v) is 1.78. The van der Waals surface area contributed by atoms with E-state index in [1.165, 1.54) is 18.2 Å². The quantitative estimate of drug-likeness (QED) is 0.777. The van der Waals surface area contributed by atoms with Gasteiger partial charge in [0.05, 0.1) is 25.4 Å². The van der Waals surface area contributed by atoms with Crippen molar-refractivity contribution in [1.29, 1.82) is 0 Å². The molecule has 98 valence electrons. The topological polar surface area (TPSA) is 67.6 Å². The smallest absolute Gasteiger partial charge is 0.238 e. The molecule has 18 heavy (non-hydrogen) atoms. The molecule has 0 saturated carbocycles. The lowest BCUT2D eigenvalue weighted by molar-refractivity contribution is -0.118. The van der Waals surface area contributed by atoms with Gasteiger partial charge in [-0.2, -0.15) is 0 Å². The summed E-state index contributed by atoms with van der Waals surface area (Å²) in [7, 11) is 0. The summed E-state index contributed by atoms with van der Waals surface area (Å²) >= 11 is 0. The third-order valence-corrected chi connectivity index (χ3v) is 2.75. The van der Waals surface area contributed by atoms with Gasteiger partial charge in [-0.05, 0) is 18.2 Å². The van der Waals surface area contributed by atoms with Crippen LogP contribution in [-0.2, 0) is 9.53 Å². The van der Waals surface area contributed by atoms with E-state index in [1.807, 2.05) is 4.90 Å². The highest BCUT2D eigenvalue weighted by atomic mass is 19.1. The molecule has 1 aliphatic rings. The molecule has 1 aromatic carbocycles. The predicted octanol–water partition coefficient (Wildman–Crippen LogP) is 0.679. The van der Waals surface area contributed by atoms with Gasteiger partial charge in [-0.25, -0.2) is 4.39 Å². The van der Waals surface area contributed by atoms with E-state index in [4.69, 9.17) is 10.5 Å². The number of hydrogen-bond donors (Lipinski definition) is 2. The number of carbonyl (C=O) groups is 1. The van der Waals surface area contributed by atoms with Crippen LogP contribution in [0.2, 0.25) is 0 Å². The summed E-state index contributed by atoms with van der Waals surface area (Å²) < 4.78 is 18.1. The molecule has 0 atom stereocenters. The zero-order valence-corrected chi connectivity index (χ0v) is 9.99. The highest BCUT2D eigenvalue weighted by molar-refractivity contribution is 5.92.